The number of fused-ring (bicyclic) bond motifs is 1. The van der Waals surface area contributed by atoms with Gasteiger partial charge >= 0.3 is 0 Å². The van der Waals surface area contributed by atoms with E-state index in [4.69, 9.17) is 14.7 Å². The van der Waals surface area contributed by atoms with Crippen molar-refractivity contribution in [3.05, 3.63) is 53.1 Å². The van der Waals surface area contributed by atoms with Crippen LogP contribution in [0.2, 0.25) is 0 Å². The SMILES string of the molecule is CCOc1cc(C(CC(=O)NO)N2C(=O)c3cccc(N(C)C)c3C2=O)ccc1OC. The summed E-state index contributed by atoms with van der Waals surface area (Å²) >= 11 is 0. The van der Waals surface area contributed by atoms with Crippen molar-refractivity contribution in [1.82, 2.24) is 10.4 Å². The summed E-state index contributed by atoms with van der Waals surface area (Å²) in [5, 5.41) is 9.08. The first-order valence-corrected chi connectivity index (χ1v) is 9.75. The van der Waals surface area contributed by atoms with Crippen molar-refractivity contribution >= 4 is 23.4 Å². The highest BCUT2D eigenvalue weighted by molar-refractivity contribution is 6.24. The van der Waals surface area contributed by atoms with Crippen molar-refractivity contribution < 1.29 is 29.1 Å². The second-order valence-electron chi connectivity index (χ2n) is 7.17. The number of amides is 3. The molecule has 0 fully saturated rings. The summed E-state index contributed by atoms with van der Waals surface area (Å²) in [4.78, 5) is 41.5. The number of nitrogens with one attached hydrogen (secondary N) is 1. The molecule has 2 N–H and O–H groups in total. The first-order chi connectivity index (χ1) is 14.8. The molecule has 0 aliphatic carbocycles. The summed E-state index contributed by atoms with van der Waals surface area (Å²) in [7, 11) is 5.07. The second-order valence-corrected chi connectivity index (χ2v) is 7.17. The van der Waals surface area contributed by atoms with Gasteiger partial charge in [-0.2, -0.15) is 0 Å². The number of nitrogens with zero attached hydrogens (tertiary/aromatic N) is 2. The van der Waals surface area contributed by atoms with Crippen molar-refractivity contribution in [2.24, 2.45) is 0 Å². The molecular formula is C22H25N3O6. The van der Waals surface area contributed by atoms with Gasteiger partial charge in [0.25, 0.3) is 11.8 Å². The van der Waals surface area contributed by atoms with Gasteiger partial charge in [0.15, 0.2) is 11.5 Å². The molecule has 9 heteroatoms. The van der Waals surface area contributed by atoms with Crippen molar-refractivity contribution in [3.63, 3.8) is 0 Å². The summed E-state index contributed by atoms with van der Waals surface area (Å²) in [5.41, 5.74) is 3.23. The number of ether oxygens (including phenoxy) is 2. The van der Waals surface area contributed by atoms with E-state index in [-0.39, 0.29) is 17.5 Å². The number of methoxy groups -OCH3 is 1. The Kier molecular flexibility index (Phi) is 6.45. The second kappa shape index (κ2) is 9.05. The number of carbonyl (C=O) groups is 3. The van der Waals surface area contributed by atoms with Crippen LogP contribution >= 0.6 is 0 Å². The Morgan fingerprint density at radius 2 is 1.90 bits per heavy atom. The predicted octanol–water partition coefficient (Wildman–Crippen LogP) is 2.39. The highest BCUT2D eigenvalue weighted by Gasteiger charge is 2.43. The standard InChI is InChI=1S/C22H25N3O6/c1-5-31-18-11-13(9-10-17(18)30-4)16(12-19(26)23-29)25-21(27)14-7-6-8-15(24(2)3)20(14)22(25)28/h6-11,16,29H,5,12H2,1-4H3,(H,23,26). The van der Waals surface area contributed by atoms with Gasteiger partial charge in [-0.25, -0.2) is 5.48 Å². The average Bonchev–Trinajstić information content (AvgIpc) is 3.02. The van der Waals surface area contributed by atoms with Crippen molar-refractivity contribution in [1.29, 1.82) is 0 Å². The van der Waals surface area contributed by atoms with Crippen LogP contribution in [0, 0.1) is 0 Å². The van der Waals surface area contributed by atoms with Crippen LogP contribution in [-0.4, -0.2) is 55.6 Å². The molecule has 0 radical (unpaired) electrons. The fourth-order valence-electron chi connectivity index (χ4n) is 3.69. The number of hydrogen-bond acceptors (Lipinski definition) is 7. The highest BCUT2D eigenvalue weighted by Crippen LogP contribution is 2.39. The molecule has 2 aromatic carbocycles. The van der Waals surface area contributed by atoms with Gasteiger partial charge in [0.2, 0.25) is 5.91 Å². The van der Waals surface area contributed by atoms with E-state index in [0.717, 1.165) is 4.90 Å². The van der Waals surface area contributed by atoms with E-state index in [1.807, 2.05) is 6.92 Å². The van der Waals surface area contributed by atoms with Gasteiger partial charge in [-0.3, -0.25) is 24.5 Å². The quantitative estimate of drug-likeness (QED) is 0.378. The zero-order valence-corrected chi connectivity index (χ0v) is 17.8. The van der Waals surface area contributed by atoms with Gasteiger partial charge in [-0.05, 0) is 36.8 Å². The van der Waals surface area contributed by atoms with E-state index in [0.29, 0.717) is 29.4 Å². The Morgan fingerprint density at radius 3 is 2.52 bits per heavy atom. The van der Waals surface area contributed by atoms with E-state index in [1.165, 1.54) is 7.11 Å². The first kappa shape index (κ1) is 22.1. The summed E-state index contributed by atoms with van der Waals surface area (Å²) in [5.74, 6) is -0.846. The van der Waals surface area contributed by atoms with Crippen molar-refractivity contribution in [3.8, 4) is 11.5 Å². The average molecular weight is 427 g/mol. The Balaban J connectivity index is 2.11. The summed E-state index contributed by atoms with van der Waals surface area (Å²) in [6.07, 6.45) is -0.322. The largest absolute Gasteiger partial charge is 0.493 e. The monoisotopic (exact) mass is 427 g/mol. The molecule has 2 aromatic rings. The topological polar surface area (TPSA) is 108 Å². The number of benzene rings is 2. The Hall–Kier alpha value is -3.59. The molecule has 1 aliphatic rings. The van der Waals surface area contributed by atoms with Crippen LogP contribution in [0.4, 0.5) is 5.69 Å². The molecular weight excluding hydrogens is 402 g/mol. The number of anilines is 1. The maximum absolute atomic E-state index is 13.4. The molecule has 3 amide bonds. The van der Waals surface area contributed by atoms with E-state index in [2.05, 4.69) is 0 Å². The van der Waals surface area contributed by atoms with Crippen molar-refractivity contribution in [2.75, 3.05) is 32.7 Å². The Morgan fingerprint density at radius 1 is 1.16 bits per heavy atom. The summed E-state index contributed by atoms with van der Waals surface area (Å²) < 4.78 is 10.9. The third-order valence-electron chi connectivity index (χ3n) is 5.09. The van der Waals surface area contributed by atoms with Crippen LogP contribution < -0.4 is 19.9 Å². The lowest BCUT2D eigenvalue weighted by molar-refractivity contribution is -0.130. The zero-order valence-electron chi connectivity index (χ0n) is 17.8. The number of hydroxylamine groups is 1. The lowest BCUT2D eigenvalue weighted by Crippen LogP contribution is -2.37. The molecule has 31 heavy (non-hydrogen) atoms. The van der Waals surface area contributed by atoms with Gasteiger partial charge in [-0.1, -0.05) is 12.1 Å². The first-order valence-electron chi connectivity index (χ1n) is 9.75. The summed E-state index contributed by atoms with van der Waals surface area (Å²) in [6.45, 7) is 2.19. The van der Waals surface area contributed by atoms with Crippen LogP contribution in [-0.2, 0) is 4.79 Å². The van der Waals surface area contributed by atoms with Crippen LogP contribution in [0.25, 0.3) is 0 Å². The number of hydrogen-bond donors (Lipinski definition) is 2. The number of imide groups is 1. The summed E-state index contributed by atoms with van der Waals surface area (Å²) in [6, 6.07) is 9.03. The molecule has 0 spiro atoms. The van der Waals surface area contributed by atoms with Crippen LogP contribution in [0.1, 0.15) is 45.7 Å². The molecule has 3 rings (SSSR count). The van der Waals surface area contributed by atoms with E-state index >= 15 is 0 Å². The fraction of sp³-hybridized carbons (Fsp3) is 0.318. The molecule has 164 valence electrons. The minimum atomic E-state index is -0.959. The van der Waals surface area contributed by atoms with E-state index < -0.39 is 23.8 Å². The van der Waals surface area contributed by atoms with E-state index in [1.54, 1.807) is 60.9 Å². The Bertz CT molecular complexity index is 1020. The van der Waals surface area contributed by atoms with Crippen LogP contribution in [0.15, 0.2) is 36.4 Å². The fourth-order valence-corrected chi connectivity index (χ4v) is 3.69. The highest BCUT2D eigenvalue weighted by atomic mass is 16.5. The van der Waals surface area contributed by atoms with Gasteiger partial charge < -0.3 is 14.4 Å². The van der Waals surface area contributed by atoms with Gasteiger partial charge in [0, 0.05) is 19.8 Å². The van der Waals surface area contributed by atoms with Gasteiger partial charge in [0.1, 0.15) is 0 Å². The lowest BCUT2D eigenvalue weighted by Gasteiger charge is -2.27. The molecule has 1 atom stereocenters. The normalized spacial score (nSPS) is 13.6. The zero-order chi connectivity index (χ0) is 22.7. The molecule has 0 saturated heterocycles. The number of rotatable bonds is 8. The Labute approximate surface area is 180 Å². The molecule has 0 saturated carbocycles. The van der Waals surface area contributed by atoms with Gasteiger partial charge in [0.05, 0.1) is 37.3 Å². The molecule has 9 nitrogen and oxygen atoms in total. The maximum Gasteiger partial charge on any atom is 0.264 e. The molecule has 1 aliphatic heterocycles. The number of carbonyl (C=O) groups excluding carboxylic acids is 3. The van der Waals surface area contributed by atoms with E-state index in [9.17, 15) is 14.4 Å². The third-order valence-corrected chi connectivity index (χ3v) is 5.09. The lowest BCUT2D eigenvalue weighted by atomic mass is 10.0. The molecule has 0 bridgehead atoms. The van der Waals surface area contributed by atoms with Crippen molar-refractivity contribution in [2.45, 2.75) is 19.4 Å². The van der Waals surface area contributed by atoms with Crippen LogP contribution in [0.5, 0.6) is 11.5 Å². The molecule has 1 unspecified atom stereocenters. The molecule has 0 aromatic heterocycles. The molecule has 1 heterocycles. The van der Waals surface area contributed by atoms with Gasteiger partial charge in [-0.15, -0.1) is 0 Å². The predicted molar refractivity (Wildman–Crippen MR) is 113 cm³/mol. The van der Waals surface area contributed by atoms with Crippen LogP contribution in [0.3, 0.4) is 0 Å². The smallest absolute Gasteiger partial charge is 0.264 e. The minimum absolute atomic E-state index is 0.268. The maximum atomic E-state index is 13.4. The third kappa shape index (κ3) is 4.04. The minimum Gasteiger partial charge on any atom is -0.493 e.